The van der Waals surface area contributed by atoms with Crippen LogP contribution in [-0.4, -0.2) is 16.5 Å². The third-order valence-corrected chi connectivity index (χ3v) is 5.81. The summed E-state index contributed by atoms with van der Waals surface area (Å²) in [6, 6.07) is 10.8. The maximum absolute atomic E-state index is 12.5. The van der Waals surface area contributed by atoms with Gasteiger partial charge in [0, 0.05) is 28.7 Å². The number of rotatable bonds is 3. The molecule has 3 nitrogen and oxygen atoms in total. The van der Waals surface area contributed by atoms with Crippen molar-refractivity contribution in [2.24, 2.45) is 0 Å². The summed E-state index contributed by atoms with van der Waals surface area (Å²) in [5, 5.41) is 3.20. The molecular weight excluding hydrogens is 308 g/mol. The SMILES string of the molecule is Cc1cc2c(n1-c1ccc(C(=O)NC3CCCCC3)cc1)CCCC2. The monoisotopic (exact) mass is 336 g/mol. The van der Waals surface area contributed by atoms with Gasteiger partial charge >= 0.3 is 0 Å². The summed E-state index contributed by atoms with van der Waals surface area (Å²) in [4.78, 5) is 12.5. The highest BCUT2D eigenvalue weighted by Gasteiger charge is 2.19. The van der Waals surface area contributed by atoms with Crippen molar-refractivity contribution in [2.45, 2.75) is 70.8 Å². The van der Waals surface area contributed by atoms with Gasteiger partial charge in [-0.3, -0.25) is 4.79 Å². The number of benzene rings is 1. The minimum Gasteiger partial charge on any atom is -0.349 e. The lowest BCUT2D eigenvalue weighted by Gasteiger charge is -2.22. The van der Waals surface area contributed by atoms with Crippen molar-refractivity contribution in [3.63, 3.8) is 0 Å². The molecule has 1 heterocycles. The molecule has 0 radical (unpaired) electrons. The van der Waals surface area contributed by atoms with Crippen LogP contribution in [0.3, 0.4) is 0 Å². The first-order valence-electron chi connectivity index (χ1n) is 9.84. The van der Waals surface area contributed by atoms with E-state index in [0.29, 0.717) is 6.04 Å². The Kier molecular flexibility index (Phi) is 4.65. The predicted molar refractivity (Wildman–Crippen MR) is 101 cm³/mol. The molecule has 0 spiro atoms. The standard InChI is InChI=1S/C22H28N2O/c1-16-15-18-7-5-6-10-21(18)24(16)20-13-11-17(12-14-20)22(25)23-19-8-3-2-4-9-19/h11-15,19H,2-10H2,1H3,(H,23,25). The molecule has 1 saturated carbocycles. The molecule has 0 bridgehead atoms. The third-order valence-electron chi connectivity index (χ3n) is 5.81. The Morgan fingerprint density at radius 1 is 1.00 bits per heavy atom. The molecule has 2 aliphatic rings. The molecule has 132 valence electrons. The van der Waals surface area contributed by atoms with E-state index in [-0.39, 0.29) is 5.91 Å². The molecule has 2 aromatic rings. The van der Waals surface area contributed by atoms with Gasteiger partial charge in [0.05, 0.1) is 0 Å². The second-order valence-electron chi connectivity index (χ2n) is 7.66. The number of nitrogens with one attached hydrogen (secondary N) is 1. The Balaban J connectivity index is 1.52. The van der Waals surface area contributed by atoms with Crippen molar-refractivity contribution in [3.05, 3.63) is 52.8 Å². The second-order valence-corrected chi connectivity index (χ2v) is 7.66. The summed E-state index contributed by atoms with van der Waals surface area (Å²) < 4.78 is 2.37. The summed E-state index contributed by atoms with van der Waals surface area (Å²) in [6.07, 6.45) is 11.0. The van der Waals surface area contributed by atoms with E-state index in [9.17, 15) is 4.79 Å². The molecule has 0 saturated heterocycles. The van der Waals surface area contributed by atoms with Crippen LogP contribution in [0.1, 0.15) is 72.3 Å². The molecule has 1 amide bonds. The minimum atomic E-state index is 0.0738. The van der Waals surface area contributed by atoms with Crippen molar-refractivity contribution >= 4 is 5.91 Å². The van der Waals surface area contributed by atoms with Gasteiger partial charge in [-0.05, 0) is 81.3 Å². The van der Waals surface area contributed by atoms with E-state index in [1.165, 1.54) is 61.2 Å². The van der Waals surface area contributed by atoms with Crippen LogP contribution >= 0.6 is 0 Å². The van der Waals surface area contributed by atoms with Gasteiger partial charge in [0.2, 0.25) is 0 Å². The molecule has 0 atom stereocenters. The number of hydrogen-bond donors (Lipinski definition) is 1. The van der Waals surface area contributed by atoms with Crippen molar-refractivity contribution in [1.29, 1.82) is 0 Å². The molecule has 0 unspecified atom stereocenters. The van der Waals surface area contributed by atoms with Crippen LogP contribution in [-0.2, 0) is 12.8 Å². The van der Waals surface area contributed by atoms with Gasteiger partial charge in [0.15, 0.2) is 0 Å². The van der Waals surface area contributed by atoms with Crippen LogP contribution in [0.2, 0.25) is 0 Å². The molecule has 1 aromatic carbocycles. The first kappa shape index (κ1) is 16.4. The van der Waals surface area contributed by atoms with E-state index in [1.807, 2.05) is 12.1 Å². The Bertz CT molecular complexity index is 751. The third kappa shape index (κ3) is 3.37. The average molecular weight is 336 g/mol. The first-order valence-corrected chi connectivity index (χ1v) is 9.84. The Labute approximate surface area is 150 Å². The summed E-state index contributed by atoms with van der Waals surface area (Å²) in [7, 11) is 0. The Morgan fingerprint density at radius 3 is 2.48 bits per heavy atom. The second kappa shape index (κ2) is 7.07. The van der Waals surface area contributed by atoms with E-state index in [4.69, 9.17) is 0 Å². The molecule has 1 N–H and O–H groups in total. The molecule has 2 aliphatic carbocycles. The highest BCUT2D eigenvalue weighted by molar-refractivity contribution is 5.94. The molecule has 3 heteroatoms. The molecule has 25 heavy (non-hydrogen) atoms. The van der Waals surface area contributed by atoms with Crippen LogP contribution in [0.4, 0.5) is 0 Å². The smallest absolute Gasteiger partial charge is 0.251 e. The lowest BCUT2D eigenvalue weighted by molar-refractivity contribution is 0.0927. The van der Waals surface area contributed by atoms with Crippen LogP contribution in [0, 0.1) is 6.92 Å². The average Bonchev–Trinajstić information content (AvgIpc) is 2.98. The highest BCUT2D eigenvalue weighted by Crippen LogP contribution is 2.28. The lowest BCUT2D eigenvalue weighted by atomic mass is 9.95. The van der Waals surface area contributed by atoms with E-state index in [0.717, 1.165) is 24.8 Å². The summed E-state index contributed by atoms with van der Waals surface area (Å²) in [5.41, 5.74) is 6.21. The normalized spacial score (nSPS) is 18.0. The maximum atomic E-state index is 12.5. The Hall–Kier alpha value is -2.03. The minimum absolute atomic E-state index is 0.0738. The van der Waals surface area contributed by atoms with Gasteiger partial charge in [-0.25, -0.2) is 0 Å². The summed E-state index contributed by atoms with van der Waals surface area (Å²) >= 11 is 0. The van der Waals surface area contributed by atoms with Gasteiger partial charge < -0.3 is 9.88 Å². The fourth-order valence-electron chi connectivity index (χ4n) is 4.49. The fourth-order valence-corrected chi connectivity index (χ4v) is 4.49. The number of carbonyl (C=O) groups excluding carboxylic acids is 1. The van der Waals surface area contributed by atoms with Crippen LogP contribution in [0.25, 0.3) is 5.69 Å². The molecule has 1 aromatic heterocycles. The van der Waals surface area contributed by atoms with Crippen molar-refractivity contribution in [3.8, 4) is 5.69 Å². The van der Waals surface area contributed by atoms with Gasteiger partial charge in [-0.15, -0.1) is 0 Å². The van der Waals surface area contributed by atoms with E-state index < -0.39 is 0 Å². The quantitative estimate of drug-likeness (QED) is 0.864. The van der Waals surface area contributed by atoms with Gasteiger partial charge in [0.1, 0.15) is 0 Å². The summed E-state index contributed by atoms with van der Waals surface area (Å²) in [6.45, 7) is 2.18. The van der Waals surface area contributed by atoms with Gasteiger partial charge in [0.25, 0.3) is 5.91 Å². The van der Waals surface area contributed by atoms with E-state index in [1.54, 1.807) is 0 Å². The highest BCUT2D eigenvalue weighted by atomic mass is 16.1. The van der Waals surface area contributed by atoms with Crippen molar-refractivity contribution < 1.29 is 4.79 Å². The number of aromatic nitrogens is 1. The molecule has 0 aliphatic heterocycles. The van der Waals surface area contributed by atoms with Crippen molar-refractivity contribution in [2.75, 3.05) is 0 Å². The van der Waals surface area contributed by atoms with Gasteiger partial charge in [-0.1, -0.05) is 19.3 Å². The van der Waals surface area contributed by atoms with E-state index in [2.05, 4.69) is 35.0 Å². The largest absolute Gasteiger partial charge is 0.349 e. The van der Waals surface area contributed by atoms with Crippen molar-refractivity contribution in [1.82, 2.24) is 9.88 Å². The zero-order chi connectivity index (χ0) is 17.2. The lowest BCUT2D eigenvalue weighted by Crippen LogP contribution is -2.36. The maximum Gasteiger partial charge on any atom is 0.251 e. The predicted octanol–water partition coefficient (Wildman–Crippen LogP) is 4.73. The fraction of sp³-hybridized carbons (Fsp3) is 0.500. The Morgan fingerprint density at radius 2 is 1.72 bits per heavy atom. The van der Waals surface area contributed by atoms with Gasteiger partial charge in [-0.2, -0.15) is 0 Å². The number of fused-ring (bicyclic) bond motifs is 1. The number of carbonyl (C=O) groups is 1. The number of aryl methyl sites for hydroxylation is 2. The molecule has 4 rings (SSSR count). The van der Waals surface area contributed by atoms with Crippen LogP contribution < -0.4 is 5.32 Å². The zero-order valence-corrected chi connectivity index (χ0v) is 15.2. The molecular formula is C22H28N2O. The number of amides is 1. The first-order chi connectivity index (χ1) is 12.2. The van der Waals surface area contributed by atoms with Crippen LogP contribution in [0.5, 0.6) is 0 Å². The number of nitrogens with zero attached hydrogens (tertiary/aromatic N) is 1. The topological polar surface area (TPSA) is 34.0 Å². The number of hydrogen-bond acceptors (Lipinski definition) is 1. The zero-order valence-electron chi connectivity index (χ0n) is 15.2. The van der Waals surface area contributed by atoms with Crippen LogP contribution in [0.15, 0.2) is 30.3 Å². The van der Waals surface area contributed by atoms with E-state index >= 15 is 0 Å². The molecule has 1 fully saturated rings. The summed E-state index contributed by atoms with van der Waals surface area (Å²) in [5.74, 6) is 0.0738.